The van der Waals surface area contributed by atoms with E-state index in [0.717, 1.165) is 30.0 Å². The minimum absolute atomic E-state index is 0.00340. The Morgan fingerprint density at radius 2 is 1.29 bits per heavy atom. The molecule has 0 aliphatic carbocycles. The molecule has 1 N–H and O–H groups in total. The van der Waals surface area contributed by atoms with Crippen LogP contribution in [0.2, 0.25) is 0 Å². The largest absolute Gasteiger partial charge is 0.447 e. The average molecular weight is 593 g/mol. The second-order valence-corrected chi connectivity index (χ2v) is 10.8. The van der Waals surface area contributed by atoms with E-state index in [1.54, 1.807) is 0 Å². The van der Waals surface area contributed by atoms with Crippen LogP contribution >= 0.6 is 0 Å². The number of ether oxygens (including phenoxy) is 3. The molecule has 0 spiro atoms. The van der Waals surface area contributed by atoms with Crippen LogP contribution in [0.1, 0.15) is 123 Å². The zero-order valence-electron chi connectivity index (χ0n) is 26.7. The van der Waals surface area contributed by atoms with E-state index >= 15 is 0 Å². The Hall–Kier alpha value is -2.68. The van der Waals surface area contributed by atoms with Crippen molar-refractivity contribution in [2.75, 3.05) is 33.0 Å². The summed E-state index contributed by atoms with van der Waals surface area (Å²) in [6, 6.07) is 5.63. The van der Waals surface area contributed by atoms with Gasteiger partial charge in [0.25, 0.3) is 0 Å². The Kier molecular flexibility index (Phi) is 23.1. The first-order valence-electron chi connectivity index (χ1n) is 16.4. The Morgan fingerprint density at radius 1 is 0.738 bits per heavy atom. The van der Waals surface area contributed by atoms with Crippen LogP contribution in [0.25, 0.3) is 0 Å². The molecule has 1 rings (SSSR count). The molecule has 0 saturated carbocycles. The lowest BCUT2D eigenvalue weighted by Crippen LogP contribution is -2.43. The maximum atomic E-state index is 12.4. The van der Waals surface area contributed by atoms with Crippen LogP contribution in [0, 0.1) is 0 Å². The van der Waals surface area contributed by atoms with Crippen molar-refractivity contribution < 1.29 is 33.2 Å². The van der Waals surface area contributed by atoms with E-state index in [0.29, 0.717) is 6.54 Å². The molecular formula is C33H58N3O6+. The van der Waals surface area contributed by atoms with Crippen LogP contribution in [0.15, 0.2) is 24.4 Å². The minimum Gasteiger partial charge on any atom is -0.447 e. The lowest BCUT2D eigenvalue weighted by Gasteiger charge is -2.17. The fraction of sp³-hybridized carbons (Fsp3) is 0.758. The highest BCUT2D eigenvalue weighted by molar-refractivity contribution is 5.90. The number of alkyl carbamates (subject to hydrolysis) is 1. The van der Waals surface area contributed by atoms with E-state index in [1.807, 2.05) is 35.9 Å². The van der Waals surface area contributed by atoms with Gasteiger partial charge in [0.1, 0.15) is 26.3 Å². The zero-order valence-corrected chi connectivity index (χ0v) is 26.7. The second-order valence-electron chi connectivity index (χ2n) is 10.8. The number of unbranched alkanes of at least 4 members (excludes halogenated alkanes) is 14. The number of carbonyl (C=O) groups excluding carboxylic acids is 3. The molecular weight excluding hydrogens is 534 g/mol. The molecule has 0 saturated heterocycles. The lowest BCUT2D eigenvalue weighted by atomic mass is 10.0. The average Bonchev–Trinajstić information content (AvgIpc) is 2.99. The summed E-state index contributed by atoms with van der Waals surface area (Å²) in [5.74, 6) is -0.392. The number of nitrogens with zero attached hydrogens (tertiary/aromatic N) is 2. The molecule has 0 aliphatic heterocycles. The molecule has 42 heavy (non-hydrogen) atoms. The number of aryl methyl sites for hydroxylation is 1. The molecule has 0 fully saturated rings. The molecule has 3 amide bonds. The van der Waals surface area contributed by atoms with Crippen molar-refractivity contribution in [1.82, 2.24) is 10.2 Å². The topological polar surface area (TPSA) is 98.1 Å². The quantitative estimate of drug-likeness (QED) is 0.0961. The highest BCUT2D eigenvalue weighted by Crippen LogP contribution is 2.13. The molecule has 9 heteroatoms. The zero-order chi connectivity index (χ0) is 30.7. The SMILES string of the molecule is CCCCCCCCCCCCCCCCCNC(=O)OCCOCCOC(=O)N(Cc1cccc[n+]1CC)C(C)=O. The molecule has 1 heterocycles. The van der Waals surface area contributed by atoms with Crippen LogP contribution in [-0.2, 0) is 32.1 Å². The monoisotopic (exact) mass is 592 g/mol. The van der Waals surface area contributed by atoms with Crippen molar-refractivity contribution in [1.29, 1.82) is 0 Å². The highest BCUT2D eigenvalue weighted by atomic mass is 16.6. The third-order valence-electron chi connectivity index (χ3n) is 7.26. The van der Waals surface area contributed by atoms with Crippen LogP contribution in [-0.4, -0.2) is 56.0 Å². The van der Waals surface area contributed by atoms with Gasteiger partial charge in [0, 0.05) is 25.6 Å². The van der Waals surface area contributed by atoms with Gasteiger partial charge >= 0.3 is 12.2 Å². The maximum absolute atomic E-state index is 12.4. The van der Waals surface area contributed by atoms with Gasteiger partial charge in [-0.05, 0) is 13.3 Å². The molecule has 1 aromatic heterocycles. The first-order chi connectivity index (χ1) is 20.5. The smallest absolute Gasteiger partial charge is 0.417 e. The normalized spacial score (nSPS) is 10.8. The van der Waals surface area contributed by atoms with E-state index in [1.165, 1.54) is 90.4 Å². The molecule has 0 aliphatic rings. The molecule has 9 nitrogen and oxygen atoms in total. The van der Waals surface area contributed by atoms with Crippen molar-refractivity contribution in [3.8, 4) is 0 Å². The number of hydrogen-bond donors (Lipinski definition) is 1. The third-order valence-corrected chi connectivity index (χ3v) is 7.26. The number of amides is 3. The van der Waals surface area contributed by atoms with Crippen molar-refractivity contribution in [3.63, 3.8) is 0 Å². The van der Waals surface area contributed by atoms with Gasteiger partial charge in [-0.3, -0.25) is 4.79 Å². The van der Waals surface area contributed by atoms with Crippen molar-refractivity contribution >= 4 is 18.1 Å². The summed E-state index contributed by atoms with van der Waals surface area (Å²) in [7, 11) is 0. The molecule has 1 aromatic rings. The number of rotatable bonds is 25. The summed E-state index contributed by atoms with van der Waals surface area (Å²) < 4.78 is 17.6. The van der Waals surface area contributed by atoms with E-state index < -0.39 is 18.1 Å². The summed E-state index contributed by atoms with van der Waals surface area (Å²) in [6.45, 7) is 7.51. The fourth-order valence-electron chi connectivity index (χ4n) is 4.73. The van der Waals surface area contributed by atoms with E-state index in [-0.39, 0.29) is 33.0 Å². The summed E-state index contributed by atoms with van der Waals surface area (Å²) in [5, 5.41) is 2.77. The number of hydrogen-bond acceptors (Lipinski definition) is 6. The lowest BCUT2D eigenvalue weighted by molar-refractivity contribution is -0.701. The van der Waals surface area contributed by atoms with Gasteiger partial charge < -0.3 is 19.5 Å². The van der Waals surface area contributed by atoms with Gasteiger partial charge in [-0.2, -0.15) is 0 Å². The van der Waals surface area contributed by atoms with Crippen LogP contribution in [0.5, 0.6) is 0 Å². The summed E-state index contributed by atoms with van der Waals surface area (Å²) >= 11 is 0. The summed E-state index contributed by atoms with van der Waals surface area (Å²) in [6.07, 6.45) is 20.4. The van der Waals surface area contributed by atoms with Crippen molar-refractivity contribution in [2.24, 2.45) is 0 Å². The van der Waals surface area contributed by atoms with Gasteiger partial charge in [-0.1, -0.05) is 103 Å². The molecule has 0 bridgehead atoms. The molecule has 240 valence electrons. The van der Waals surface area contributed by atoms with Crippen LogP contribution in [0.3, 0.4) is 0 Å². The number of pyridine rings is 1. The van der Waals surface area contributed by atoms with Crippen LogP contribution in [0.4, 0.5) is 9.59 Å². The van der Waals surface area contributed by atoms with Crippen molar-refractivity contribution in [2.45, 2.75) is 130 Å². The van der Waals surface area contributed by atoms with Gasteiger partial charge in [0.05, 0.1) is 13.2 Å². The molecule has 0 atom stereocenters. The molecule has 0 unspecified atom stereocenters. The minimum atomic E-state index is -0.716. The number of imide groups is 1. The highest BCUT2D eigenvalue weighted by Gasteiger charge is 2.23. The Morgan fingerprint density at radius 3 is 1.83 bits per heavy atom. The second kappa shape index (κ2) is 26.0. The standard InChI is InChI=1S/C33H57N3O6/c1-4-6-7-8-9-10-11-12-13-14-15-16-17-18-20-23-34-32(38)41-27-25-40-26-28-42-33(39)36(30(3)37)29-31-22-19-21-24-35(31)5-2/h19,21-22,24H,4-18,20,23,25-29H2,1-3H3/p+1. The van der Waals surface area contributed by atoms with E-state index in [4.69, 9.17) is 14.2 Å². The Bertz CT molecular complexity index is 851. The van der Waals surface area contributed by atoms with E-state index in [2.05, 4.69) is 12.2 Å². The number of carbonyl (C=O) groups is 3. The number of nitrogens with one attached hydrogen (secondary N) is 1. The number of aromatic nitrogens is 1. The maximum Gasteiger partial charge on any atom is 0.417 e. The molecule has 0 radical (unpaired) electrons. The van der Waals surface area contributed by atoms with Crippen molar-refractivity contribution in [3.05, 3.63) is 30.1 Å². The predicted octanol–water partition coefficient (Wildman–Crippen LogP) is 7.09. The van der Waals surface area contributed by atoms with Crippen LogP contribution < -0.4 is 9.88 Å². The van der Waals surface area contributed by atoms with Gasteiger partial charge in [0.15, 0.2) is 6.20 Å². The van der Waals surface area contributed by atoms with Gasteiger partial charge in [-0.25, -0.2) is 19.1 Å². The molecule has 0 aromatic carbocycles. The summed E-state index contributed by atoms with van der Waals surface area (Å²) in [4.78, 5) is 37.3. The van der Waals surface area contributed by atoms with Gasteiger partial charge in [0.2, 0.25) is 11.6 Å². The Labute approximate surface area is 254 Å². The first kappa shape index (κ1) is 37.3. The first-order valence-corrected chi connectivity index (χ1v) is 16.4. The van der Waals surface area contributed by atoms with E-state index in [9.17, 15) is 14.4 Å². The third kappa shape index (κ3) is 19.4. The van der Waals surface area contributed by atoms with Gasteiger partial charge in [-0.15, -0.1) is 0 Å². The Balaban J connectivity index is 1.94. The predicted molar refractivity (Wildman–Crippen MR) is 165 cm³/mol. The fourth-order valence-corrected chi connectivity index (χ4v) is 4.73. The summed E-state index contributed by atoms with van der Waals surface area (Å²) in [5.41, 5.74) is 0.832.